The van der Waals surface area contributed by atoms with Gasteiger partial charge in [0.1, 0.15) is 5.75 Å². The Kier molecular flexibility index (Phi) is 5.35. The van der Waals surface area contributed by atoms with Gasteiger partial charge < -0.3 is 15.0 Å². The van der Waals surface area contributed by atoms with Gasteiger partial charge in [-0.2, -0.15) is 0 Å². The first-order valence-corrected chi connectivity index (χ1v) is 9.91. The van der Waals surface area contributed by atoms with Crippen LogP contribution in [0.25, 0.3) is 10.9 Å². The summed E-state index contributed by atoms with van der Waals surface area (Å²) in [5.74, 6) is 0.944. The molecule has 1 aromatic heterocycles. The van der Waals surface area contributed by atoms with Crippen molar-refractivity contribution in [1.29, 1.82) is 0 Å². The van der Waals surface area contributed by atoms with Crippen molar-refractivity contribution in [3.05, 3.63) is 64.8 Å². The molecule has 2 aromatic carbocycles. The molecule has 28 heavy (non-hydrogen) atoms. The van der Waals surface area contributed by atoms with Crippen molar-refractivity contribution in [3.8, 4) is 5.75 Å². The summed E-state index contributed by atoms with van der Waals surface area (Å²) in [7, 11) is 1.69. The Balaban J connectivity index is 1.59. The molecule has 5 nitrogen and oxygen atoms in total. The maximum absolute atomic E-state index is 11.6. The molecular formula is C23H27N3O2. The lowest BCUT2D eigenvalue weighted by atomic mass is 10.1. The van der Waals surface area contributed by atoms with Crippen LogP contribution in [0, 0.1) is 0 Å². The molecule has 2 heterocycles. The fourth-order valence-corrected chi connectivity index (χ4v) is 4.02. The summed E-state index contributed by atoms with van der Waals surface area (Å²) in [6, 6.07) is 14.8. The molecule has 1 aliphatic rings. The van der Waals surface area contributed by atoms with Crippen molar-refractivity contribution in [3.63, 3.8) is 0 Å². The van der Waals surface area contributed by atoms with Crippen molar-refractivity contribution in [2.75, 3.05) is 13.7 Å². The SMILES string of the molecule is CCC(=O)NCCc1c(CN2Cc3ccccc3C2)[nH]c2ccc(OC)cc12. The molecule has 0 bridgehead atoms. The van der Waals surface area contributed by atoms with E-state index in [1.165, 1.54) is 27.8 Å². The van der Waals surface area contributed by atoms with E-state index in [0.717, 1.165) is 37.3 Å². The molecule has 0 radical (unpaired) electrons. The van der Waals surface area contributed by atoms with E-state index in [-0.39, 0.29) is 5.91 Å². The molecule has 0 spiro atoms. The van der Waals surface area contributed by atoms with Gasteiger partial charge in [0.25, 0.3) is 0 Å². The van der Waals surface area contributed by atoms with E-state index < -0.39 is 0 Å². The lowest BCUT2D eigenvalue weighted by Crippen LogP contribution is -2.25. The number of nitrogens with one attached hydrogen (secondary N) is 2. The van der Waals surface area contributed by atoms with Crippen LogP contribution in [0.1, 0.15) is 35.7 Å². The minimum absolute atomic E-state index is 0.0916. The smallest absolute Gasteiger partial charge is 0.219 e. The normalized spacial score (nSPS) is 13.6. The summed E-state index contributed by atoms with van der Waals surface area (Å²) in [6.07, 6.45) is 1.32. The molecule has 0 unspecified atom stereocenters. The number of carbonyl (C=O) groups is 1. The van der Waals surface area contributed by atoms with E-state index in [2.05, 4.69) is 51.6 Å². The lowest BCUT2D eigenvalue weighted by molar-refractivity contribution is -0.120. The van der Waals surface area contributed by atoms with Gasteiger partial charge in [0, 0.05) is 49.2 Å². The Morgan fingerprint density at radius 1 is 1.18 bits per heavy atom. The zero-order valence-corrected chi connectivity index (χ0v) is 16.5. The van der Waals surface area contributed by atoms with Crippen LogP contribution in [-0.4, -0.2) is 29.4 Å². The van der Waals surface area contributed by atoms with Gasteiger partial charge >= 0.3 is 0 Å². The Bertz CT molecular complexity index is 968. The van der Waals surface area contributed by atoms with E-state index in [1.807, 2.05) is 13.0 Å². The van der Waals surface area contributed by atoms with Gasteiger partial charge in [0.05, 0.1) is 7.11 Å². The second kappa shape index (κ2) is 8.07. The Hall–Kier alpha value is -2.79. The third-order valence-electron chi connectivity index (χ3n) is 5.51. The lowest BCUT2D eigenvalue weighted by Gasteiger charge is -2.15. The molecule has 5 heteroatoms. The van der Waals surface area contributed by atoms with Crippen molar-refractivity contribution in [2.45, 2.75) is 39.4 Å². The van der Waals surface area contributed by atoms with E-state index in [1.54, 1.807) is 7.11 Å². The highest BCUT2D eigenvalue weighted by Gasteiger charge is 2.21. The number of amides is 1. The van der Waals surface area contributed by atoms with E-state index in [9.17, 15) is 4.79 Å². The molecule has 0 fully saturated rings. The quantitative estimate of drug-likeness (QED) is 0.659. The number of hydrogen-bond acceptors (Lipinski definition) is 3. The summed E-state index contributed by atoms with van der Waals surface area (Å²) in [4.78, 5) is 17.7. The molecule has 0 aliphatic carbocycles. The number of aromatic nitrogens is 1. The predicted molar refractivity (Wildman–Crippen MR) is 111 cm³/mol. The highest BCUT2D eigenvalue weighted by atomic mass is 16.5. The van der Waals surface area contributed by atoms with Crippen LogP contribution in [0.3, 0.4) is 0 Å². The zero-order valence-electron chi connectivity index (χ0n) is 16.5. The minimum atomic E-state index is 0.0916. The molecule has 2 N–H and O–H groups in total. The maximum atomic E-state index is 11.6. The Labute approximate surface area is 165 Å². The Morgan fingerprint density at radius 2 is 1.93 bits per heavy atom. The molecule has 1 aliphatic heterocycles. The zero-order chi connectivity index (χ0) is 19.5. The van der Waals surface area contributed by atoms with Crippen molar-refractivity contribution >= 4 is 16.8 Å². The molecule has 0 saturated heterocycles. The third kappa shape index (κ3) is 3.76. The number of methoxy groups -OCH3 is 1. The number of H-pyrrole nitrogens is 1. The largest absolute Gasteiger partial charge is 0.497 e. The average Bonchev–Trinajstić information content (AvgIpc) is 3.28. The first-order valence-electron chi connectivity index (χ1n) is 9.91. The van der Waals surface area contributed by atoms with Crippen LogP contribution in [0.5, 0.6) is 5.75 Å². The number of fused-ring (bicyclic) bond motifs is 2. The van der Waals surface area contributed by atoms with Crippen LogP contribution >= 0.6 is 0 Å². The van der Waals surface area contributed by atoms with Crippen LogP contribution in [0.15, 0.2) is 42.5 Å². The summed E-state index contributed by atoms with van der Waals surface area (Å²) in [6.45, 7) is 5.33. The van der Waals surface area contributed by atoms with Crippen LogP contribution in [-0.2, 0) is 30.8 Å². The topological polar surface area (TPSA) is 57.4 Å². The predicted octanol–water partition coefficient (Wildman–Crippen LogP) is 3.76. The minimum Gasteiger partial charge on any atom is -0.497 e. The van der Waals surface area contributed by atoms with Crippen molar-refractivity contribution in [1.82, 2.24) is 15.2 Å². The number of nitrogens with zero attached hydrogens (tertiary/aromatic N) is 1. The number of carbonyl (C=O) groups excluding carboxylic acids is 1. The van der Waals surface area contributed by atoms with Crippen LogP contribution in [0.2, 0.25) is 0 Å². The molecule has 146 valence electrons. The second-order valence-electron chi connectivity index (χ2n) is 7.36. The van der Waals surface area contributed by atoms with E-state index in [0.29, 0.717) is 13.0 Å². The van der Waals surface area contributed by atoms with Gasteiger partial charge in [-0.3, -0.25) is 9.69 Å². The summed E-state index contributed by atoms with van der Waals surface area (Å²) >= 11 is 0. The van der Waals surface area contributed by atoms with Gasteiger partial charge in [-0.05, 0) is 41.3 Å². The molecule has 0 atom stereocenters. The molecular weight excluding hydrogens is 350 g/mol. The van der Waals surface area contributed by atoms with Crippen LogP contribution < -0.4 is 10.1 Å². The van der Waals surface area contributed by atoms with Crippen molar-refractivity contribution in [2.24, 2.45) is 0 Å². The average molecular weight is 377 g/mol. The van der Waals surface area contributed by atoms with Gasteiger partial charge in [-0.25, -0.2) is 0 Å². The summed E-state index contributed by atoms with van der Waals surface area (Å²) in [5, 5.41) is 4.18. The molecule has 1 amide bonds. The van der Waals surface area contributed by atoms with Crippen LogP contribution in [0.4, 0.5) is 0 Å². The first-order chi connectivity index (χ1) is 13.7. The second-order valence-corrected chi connectivity index (χ2v) is 7.36. The van der Waals surface area contributed by atoms with E-state index >= 15 is 0 Å². The molecule has 0 saturated carbocycles. The number of benzene rings is 2. The van der Waals surface area contributed by atoms with Gasteiger partial charge in [-0.15, -0.1) is 0 Å². The molecule has 3 aromatic rings. The standard InChI is InChI=1S/C23H27N3O2/c1-3-23(27)24-11-10-19-20-12-18(28-2)8-9-21(20)25-22(19)15-26-13-16-6-4-5-7-17(16)14-26/h4-9,12,25H,3,10-11,13-15H2,1-2H3,(H,24,27). The monoisotopic (exact) mass is 377 g/mol. The first kappa shape index (κ1) is 18.6. The highest BCUT2D eigenvalue weighted by molar-refractivity contribution is 5.86. The van der Waals surface area contributed by atoms with Crippen molar-refractivity contribution < 1.29 is 9.53 Å². The summed E-state index contributed by atoms with van der Waals surface area (Å²) in [5.41, 5.74) is 6.43. The number of hydrogen-bond donors (Lipinski definition) is 2. The molecule has 4 rings (SSSR count). The number of aromatic amines is 1. The fourth-order valence-electron chi connectivity index (χ4n) is 4.02. The summed E-state index contributed by atoms with van der Waals surface area (Å²) < 4.78 is 5.43. The highest BCUT2D eigenvalue weighted by Crippen LogP contribution is 2.30. The number of rotatable bonds is 7. The maximum Gasteiger partial charge on any atom is 0.219 e. The third-order valence-corrected chi connectivity index (χ3v) is 5.51. The van der Waals surface area contributed by atoms with Gasteiger partial charge in [0.15, 0.2) is 0 Å². The number of ether oxygens (including phenoxy) is 1. The Morgan fingerprint density at radius 3 is 2.61 bits per heavy atom. The van der Waals surface area contributed by atoms with E-state index in [4.69, 9.17) is 4.74 Å². The van der Waals surface area contributed by atoms with Gasteiger partial charge in [0.2, 0.25) is 5.91 Å². The van der Waals surface area contributed by atoms with Gasteiger partial charge in [-0.1, -0.05) is 31.2 Å². The fraction of sp³-hybridized carbons (Fsp3) is 0.348.